The number of nitrogens with one attached hydrogen (secondary N) is 2. The van der Waals surface area contributed by atoms with Crippen LogP contribution >= 0.6 is 11.6 Å². The summed E-state index contributed by atoms with van der Waals surface area (Å²) in [5.74, 6) is 0.717. The number of hydrogen-bond acceptors (Lipinski definition) is 4. The molecule has 1 amide bonds. The standard InChI is InChI=1S/C19H23ClN2O3/c1-24-13-12-21-11-10-19(23)22-17-6-8-18(9-7-17)25-14-15-2-4-16(20)5-3-15/h2-9,21H,10-14H2,1H3,(H,22,23). The van der Waals surface area contributed by atoms with Crippen LogP contribution in [0.25, 0.3) is 0 Å². The van der Waals surface area contributed by atoms with E-state index in [0.717, 1.165) is 23.5 Å². The Morgan fingerprint density at radius 1 is 1.04 bits per heavy atom. The molecule has 0 unspecified atom stereocenters. The lowest BCUT2D eigenvalue weighted by Gasteiger charge is -2.09. The second kappa shape index (κ2) is 10.7. The first kappa shape index (κ1) is 19.2. The summed E-state index contributed by atoms with van der Waals surface area (Å²) in [5, 5.41) is 6.70. The Bertz CT molecular complexity index is 645. The SMILES string of the molecule is COCCNCCC(=O)Nc1ccc(OCc2ccc(Cl)cc2)cc1. The molecule has 25 heavy (non-hydrogen) atoms. The molecule has 0 atom stereocenters. The smallest absolute Gasteiger partial charge is 0.225 e. The number of rotatable bonds is 10. The summed E-state index contributed by atoms with van der Waals surface area (Å²) in [6, 6.07) is 14.9. The summed E-state index contributed by atoms with van der Waals surface area (Å²) < 4.78 is 10.6. The molecule has 5 nitrogen and oxygen atoms in total. The van der Waals surface area contributed by atoms with Gasteiger partial charge in [0.2, 0.25) is 5.91 Å². The Kier molecular flexibility index (Phi) is 8.25. The summed E-state index contributed by atoms with van der Waals surface area (Å²) in [5.41, 5.74) is 1.79. The number of methoxy groups -OCH3 is 1. The highest BCUT2D eigenvalue weighted by Crippen LogP contribution is 2.18. The Labute approximate surface area is 153 Å². The van der Waals surface area contributed by atoms with Gasteiger partial charge in [0.15, 0.2) is 0 Å². The number of ether oxygens (including phenoxy) is 2. The van der Waals surface area contributed by atoms with Crippen molar-refractivity contribution in [1.29, 1.82) is 0 Å². The van der Waals surface area contributed by atoms with Gasteiger partial charge in [-0.1, -0.05) is 23.7 Å². The first-order valence-electron chi connectivity index (χ1n) is 8.14. The van der Waals surface area contributed by atoms with Crippen LogP contribution < -0.4 is 15.4 Å². The van der Waals surface area contributed by atoms with Crippen molar-refractivity contribution in [2.45, 2.75) is 13.0 Å². The number of halogens is 1. The summed E-state index contributed by atoms with van der Waals surface area (Å²) in [6.45, 7) is 2.47. The van der Waals surface area contributed by atoms with E-state index in [1.165, 1.54) is 0 Å². The van der Waals surface area contributed by atoms with Gasteiger partial charge in [-0.05, 0) is 42.0 Å². The zero-order chi connectivity index (χ0) is 17.9. The van der Waals surface area contributed by atoms with Gasteiger partial charge >= 0.3 is 0 Å². The van der Waals surface area contributed by atoms with E-state index in [0.29, 0.717) is 31.2 Å². The second-order valence-electron chi connectivity index (χ2n) is 5.48. The predicted octanol–water partition coefficient (Wildman–Crippen LogP) is 3.48. The summed E-state index contributed by atoms with van der Waals surface area (Å²) in [4.78, 5) is 11.8. The molecular weight excluding hydrogens is 340 g/mol. The number of anilines is 1. The van der Waals surface area contributed by atoms with Gasteiger partial charge in [0.05, 0.1) is 6.61 Å². The highest BCUT2D eigenvalue weighted by molar-refractivity contribution is 6.30. The third-order valence-corrected chi connectivity index (χ3v) is 3.72. The quantitative estimate of drug-likeness (QED) is 0.635. The number of carbonyl (C=O) groups excluding carboxylic acids is 1. The lowest BCUT2D eigenvalue weighted by molar-refractivity contribution is -0.116. The molecule has 2 rings (SSSR count). The predicted molar refractivity (Wildman–Crippen MR) is 100 cm³/mol. The minimum Gasteiger partial charge on any atom is -0.489 e. The van der Waals surface area contributed by atoms with Gasteiger partial charge in [-0.3, -0.25) is 4.79 Å². The van der Waals surface area contributed by atoms with Gasteiger partial charge in [-0.25, -0.2) is 0 Å². The molecule has 134 valence electrons. The van der Waals surface area contributed by atoms with Gasteiger partial charge in [0.1, 0.15) is 12.4 Å². The van der Waals surface area contributed by atoms with Crippen molar-refractivity contribution in [3.8, 4) is 5.75 Å². The molecule has 0 fully saturated rings. The molecule has 0 saturated heterocycles. The fourth-order valence-electron chi connectivity index (χ4n) is 2.11. The van der Waals surface area contributed by atoms with Crippen molar-refractivity contribution < 1.29 is 14.3 Å². The first-order valence-corrected chi connectivity index (χ1v) is 8.52. The molecule has 0 aliphatic rings. The Balaban J connectivity index is 1.71. The largest absolute Gasteiger partial charge is 0.489 e. The molecule has 2 aromatic rings. The molecular formula is C19H23ClN2O3. The number of amides is 1. The van der Waals surface area contributed by atoms with E-state index in [-0.39, 0.29) is 5.91 Å². The zero-order valence-corrected chi connectivity index (χ0v) is 15.0. The average molecular weight is 363 g/mol. The fraction of sp³-hybridized carbons (Fsp3) is 0.316. The van der Waals surface area contributed by atoms with Crippen LogP contribution in [0.1, 0.15) is 12.0 Å². The van der Waals surface area contributed by atoms with Crippen LogP contribution in [0.5, 0.6) is 5.75 Å². The summed E-state index contributed by atoms with van der Waals surface area (Å²) in [7, 11) is 1.65. The molecule has 2 N–H and O–H groups in total. The highest BCUT2D eigenvalue weighted by Gasteiger charge is 2.03. The van der Waals surface area contributed by atoms with Crippen LogP contribution in [-0.4, -0.2) is 32.7 Å². The van der Waals surface area contributed by atoms with E-state index >= 15 is 0 Å². The Hall–Kier alpha value is -2.08. The van der Waals surface area contributed by atoms with E-state index in [1.54, 1.807) is 7.11 Å². The van der Waals surface area contributed by atoms with Crippen molar-refractivity contribution in [1.82, 2.24) is 5.32 Å². The van der Waals surface area contributed by atoms with Crippen molar-refractivity contribution in [3.05, 3.63) is 59.1 Å². The number of hydrogen-bond donors (Lipinski definition) is 2. The van der Waals surface area contributed by atoms with Gasteiger partial charge in [-0.2, -0.15) is 0 Å². The molecule has 0 saturated carbocycles. The highest BCUT2D eigenvalue weighted by atomic mass is 35.5. The Morgan fingerprint density at radius 3 is 2.44 bits per heavy atom. The topological polar surface area (TPSA) is 59.6 Å². The van der Waals surface area contributed by atoms with E-state index < -0.39 is 0 Å². The van der Waals surface area contributed by atoms with Crippen LogP contribution in [0.15, 0.2) is 48.5 Å². The number of benzene rings is 2. The maximum absolute atomic E-state index is 11.8. The lowest BCUT2D eigenvalue weighted by atomic mass is 10.2. The molecule has 0 heterocycles. The van der Waals surface area contributed by atoms with Crippen LogP contribution in [0.2, 0.25) is 5.02 Å². The fourth-order valence-corrected chi connectivity index (χ4v) is 2.23. The minimum absolute atomic E-state index is 0.0280. The van der Waals surface area contributed by atoms with E-state index in [4.69, 9.17) is 21.1 Å². The lowest BCUT2D eigenvalue weighted by Crippen LogP contribution is -2.24. The van der Waals surface area contributed by atoms with Crippen LogP contribution in [0.4, 0.5) is 5.69 Å². The maximum Gasteiger partial charge on any atom is 0.225 e. The Morgan fingerprint density at radius 2 is 1.76 bits per heavy atom. The third kappa shape index (κ3) is 7.56. The van der Waals surface area contributed by atoms with E-state index in [9.17, 15) is 4.79 Å². The zero-order valence-electron chi connectivity index (χ0n) is 14.3. The van der Waals surface area contributed by atoms with Gasteiger partial charge < -0.3 is 20.1 Å². The molecule has 0 aliphatic carbocycles. The summed E-state index contributed by atoms with van der Waals surface area (Å²) >= 11 is 5.86. The van der Waals surface area contributed by atoms with E-state index in [1.807, 2.05) is 48.5 Å². The van der Waals surface area contributed by atoms with Gasteiger partial charge in [0.25, 0.3) is 0 Å². The van der Waals surface area contributed by atoms with E-state index in [2.05, 4.69) is 10.6 Å². The second-order valence-corrected chi connectivity index (χ2v) is 5.92. The van der Waals surface area contributed by atoms with Gasteiger partial charge in [0, 0.05) is 37.3 Å². The molecule has 0 aliphatic heterocycles. The van der Waals surface area contributed by atoms with Crippen molar-refractivity contribution in [2.24, 2.45) is 0 Å². The molecule has 2 aromatic carbocycles. The molecule has 6 heteroatoms. The van der Waals surface area contributed by atoms with Crippen LogP contribution in [-0.2, 0) is 16.1 Å². The molecule has 0 aromatic heterocycles. The van der Waals surface area contributed by atoms with Crippen LogP contribution in [0.3, 0.4) is 0 Å². The first-order chi connectivity index (χ1) is 12.2. The maximum atomic E-state index is 11.8. The van der Waals surface area contributed by atoms with Gasteiger partial charge in [-0.15, -0.1) is 0 Å². The molecule has 0 spiro atoms. The molecule has 0 radical (unpaired) electrons. The number of carbonyl (C=O) groups is 1. The third-order valence-electron chi connectivity index (χ3n) is 3.47. The van der Waals surface area contributed by atoms with Crippen molar-refractivity contribution in [2.75, 3.05) is 32.1 Å². The monoisotopic (exact) mass is 362 g/mol. The van der Waals surface area contributed by atoms with Crippen molar-refractivity contribution >= 4 is 23.2 Å². The minimum atomic E-state index is -0.0280. The average Bonchev–Trinajstić information content (AvgIpc) is 2.62. The van der Waals surface area contributed by atoms with Crippen molar-refractivity contribution in [3.63, 3.8) is 0 Å². The molecule has 0 bridgehead atoms. The normalized spacial score (nSPS) is 10.5. The van der Waals surface area contributed by atoms with Crippen LogP contribution in [0, 0.1) is 0 Å². The summed E-state index contributed by atoms with van der Waals surface area (Å²) in [6.07, 6.45) is 0.415.